The first-order valence-corrected chi connectivity index (χ1v) is 9.68. The summed E-state index contributed by atoms with van der Waals surface area (Å²) < 4.78 is 7.26. The molecule has 0 aliphatic carbocycles. The number of nitrogens with one attached hydrogen (secondary N) is 1. The molecule has 150 valence electrons. The van der Waals surface area contributed by atoms with Gasteiger partial charge in [-0.1, -0.05) is 37.3 Å². The molecule has 0 spiro atoms. The Morgan fingerprint density at radius 1 is 1.29 bits per heavy atom. The number of ether oxygens (including phenoxy) is 1. The van der Waals surface area contributed by atoms with Crippen LogP contribution in [-0.2, 0) is 4.79 Å². The summed E-state index contributed by atoms with van der Waals surface area (Å²) in [5.74, 6) is 0.774. The second-order valence-electron chi connectivity index (χ2n) is 7.43. The Labute approximate surface area is 164 Å². The number of aromatic nitrogens is 3. The lowest BCUT2D eigenvalue weighted by molar-refractivity contribution is -0.135. The molecule has 0 saturated carbocycles. The average molecular weight is 385 g/mol. The molecule has 0 bridgehead atoms. The third-order valence-electron chi connectivity index (χ3n) is 4.64. The summed E-state index contributed by atoms with van der Waals surface area (Å²) in [6, 6.07) is 9.31. The van der Waals surface area contributed by atoms with E-state index < -0.39 is 0 Å². The Bertz CT molecular complexity index is 790. The molecule has 1 N–H and O–H groups in total. The zero-order valence-corrected chi connectivity index (χ0v) is 16.4. The monoisotopic (exact) mass is 385 g/mol. The Kier molecular flexibility index (Phi) is 6.62. The minimum Gasteiger partial charge on any atom is -0.484 e. The summed E-state index contributed by atoms with van der Waals surface area (Å²) in [5.41, 5.74) is 0.302. The molecular formula is C20H27N5O3. The summed E-state index contributed by atoms with van der Waals surface area (Å²) in [6.45, 7) is 5.91. The minimum atomic E-state index is -0.222. The van der Waals surface area contributed by atoms with Gasteiger partial charge in [0.15, 0.2) is 12.3 Å². The molecule has 28 heavy (non-hydrogen) atoms. The Morgan fingerprint density at radius 3 is 2.82 bits per heavy atom. The molecule has 1 aliphatic rings. The number of hydrogen-bond donors (Lipinski definition) is 1. The smallest absolute Gasteiger partial charge is 0.273 e. The zero-order valence-electron chi connectivity index (χ0n) is 16.4. The highest BCUT2D eigenvalue weighted by Crippen LogP contribution is 2.21. The SMILES string of the molecule is CC(C)CNC(=O)c1cn([C@@H]2CCCN(C(=O)COc3ccccc3)C2)nn1. The quantitative estimate of drug-likeness (QED) is 0.786. The second-order valence-corrected chi connectivity index (χ2v) is 7.43. The lowest BCUT2D eigenvalue weighted by Gasteiger charge is -2.32. The van der Waals surface area contributed by atoms with Crippen LogP contribution in [-0.4, -0.2) is 57.9 Å². The van der Waals surface area contributed by atoms with Crippen molar-refractivity contribution in [2.45, 2.75) is 32.7 Å². The van der Waals surface area contributed by atoms with Crippen LogP contribution >= 0.6 is 0 Å². The highest BCUT2D eigenvalue weighted by Gasteiger charge is 2.26. The molecule has 1 aliphatic heterocycles. The van der Waals surface area contributed by atoms with Gasteiger partial charge in [0.25, 0.3) is 11.8 Å². The van der Waals surface area contributed by atoms with Gasteiger partial charge in [-0.3, -0.25) is 9.59 Å². The fourth-order valence-electron chi connectivity index (χ4n) is 3.10. The van der Waals surface area contributed by atoms with Crippen LogP contribution in [0, 0.1) is 5.92 Å². The van der Waals surface area contributed by atoms with Gasteiger partial charge in [0.05, 0.1) is 12.2 Å². The molecule has 1 atom stereocenters. The first-order chi connectivity index (χ1) is 13.5. The molecule has 2 aromatic rings. The molecule has 1 aromatic carbocycles. The first-order valence-electron chi connectivity index (χ1n) is 9.68. The number of rotatable bonds is 7. The number of likely N-dealkylation sites (tertiary alicyclic amines) is 1. The van der Waals surface area contributed by atoms with E-state index in [0.29, 0.717) is 37.0 Å². The van der Waals surface area contributed by atoms with Crippen molar-refractivity contribution in [3.8, 4) is 5.75 Å². The Hall–Kier alpha value is -2.90. The highest BCUT2D eigenvalue weighted by atomic mass is 16.5. The van der Waals surface area contributed by atoms with Crippen LogP contribution in [0.5, 0.6) is 5.75 Å². The Balaban J connectivity index is 1.54. The van der Waals surface area contributed by atoms with Crippen LogP contribution < -0.4 is 10.1 Å². The summed E-state index contributed by atoms with van der Waals surface area (Å²) in [7, 11) is 0. The third kappa shape index (κ3) is 5.31. The van der Waals surface area contributed by atoms with E-state index in [1.165, 1.54) is 0 Å². The van der Waals surface area contributed by atoms with Crippen molar-refractivity contribution in [3.05, 3.63) is 42.2 Å². The number of hydrogen-bond acceptors (Lipinski definition) is 5. The van der Waals surface area contributed by atoms with Crippen molar-refractivity contribution in [2.75, 3.05) is 26.2 Å². The number of carbonyl (C=O) groups excluding carboxylic acids is 2. The minimum absolute atomic E-state index is 0.00794. The second kappa shape index (κ2) is 9.34. The van der Waals surface area contributed by atoms with Crippen molar-refractivity contribution < 1.29 is 14.3 Å². The van der Waals surface area contributed by atoms with E-state index in [0.717, 1.165) is 12.8 Å². The lowest BCUT2D eigenvalue weighted by Crippen LogP contribution is -2.43. The van der Waals surface area contributed by atoms with Gasteiger partial charge in [-0.15, -0.1) is 5.10 Å². The van der Waals surface area contributed by atoms with E-state index in [2.05, 4.69) is 15.6 Å². The molecule has 3 rings (SSSR count). The van der Waals surface area contributed by atoms with E-state index in [1.807, 2.05) is 44.2 Å². The van der Waals surface area contributed by atoms with Gasteiger partial charge in [0, 0.05) is 19.6 Å². The predicted octanol–water partition coefficient (Wildman–Crippen LogP) is 1.91. The number of piperidine rings is 1. The van der Waals surface area contributed by atoms with Crippen molar-refractivity contribution in [2.24, 2.45) is 5.92 Å². The van der Waals surface area contributed by atoms with Crippen LogP contribution in [0.25, 0.3) is 0 Å². The summed E-state index contributed by atoms with van der Waals surface area (Å²) in [5, 5.41) is 10.9. The van der Waals surface area contributed by atoms with Crippen molar-refractivity contribution in [3.63, 3.8) is 0 Å². The largest absolute Gasteiger partial charge is 0.484 e. The summed E-state index contributed by atoms with van der Waals surface area (Å²) in [6.07, 6.45) is 3.42. The van der Waals surface area contributed by atoms with E-state index in [1.54, 1.807) is 15.8 Å². The van der Waals surface area contributed by atoms with E-state index in [-0.39, 0.29) is 24.5 Å². The molecule has 8 nitrogen and oxygen atoms in total. The maximum absolute atomic E-state index is 12.5. The average Bonchev–Trinajstić information content (AvgIpc) is 3.21. The van der Waals surface area contributed by atoms with Gasteiger partial charge in [0.1, 0.15) is 5.75 Å². The molecule has 2 heterocycles. The van der Waals surface area contributed by atoms with Gasteiger partial charge in [-0.25, -0.2) is 4.68 Å². The van der Waals surface area contributed by atoms with Crippen molar-refractivity contribution in [1.82, 2.24) is 25.2 Å². The number of nitrogens with zero attached hydrogens (tertiary/aromatic N) is 4. The zero-order chi connectivity index (χ0) is 19.9. The number of benzene rings is 1. The van der Waals surface area contributed by atoms with Crippen molar-refractivity contribution in [1.29, 1.82) is 0 Å². The molecule has 0 radical (unpaired) electrons. The third-order valence-corrected chi connectivity index (χ3v) is 4.64. The predicted molar refractivity (Wildman–Crippen MR) is 104 cm³/mol. The molecule has 8 heteroatoms. The van der Waals surface area contributed by atoms with E-state index in [4.69, 9.17) is 4.74 Å². The summed E-state index contributed by atoms with van der Waals surface area (Å²) >= 11 is 0. The molecule has 1 aromatic heterocycles. The fourth-order valence-corrected chi connectivity index (χ4v) is 3.10. The summed E-state index contributed by atoms with van der Waals surface area (Å²) in [4.78, 5) is 26.4. The van der Waals surface area contributed by atoms with Crippen LogP contribution in [0.1, 0.15) is 43.2 Å². The Morgan fingerprint density at radius 2 is 2.07 bits per heavy atom. The lowest BCUT2D eigenvalue weighted by atomic mass is 10.1. The highest BCUT2D eigenvalue weighted by molar-refractivity contribution is 5.91. The molecule has 1 fully saturated rings. The molecule has 2 amide bonds. The van der Waals surface area contributed by atoms with Gasteiger partial charge in [-0.05, 0) is 30.9 Å². The number of amides is 2. The van der Waals surface area contributed by atoms with Gasteiger partial charge >= 0.3 is 0 Å². The maximum Gasteiger partial charge on any atom is 0.273 e. The fraction of sp³-hybridized carbons (Fsp3) is 0.500. The topological polar surface area (TPSA) is 89.4 Å². The van der Waals surface area contributed by atoms with Crippen LogP contribution in [0.2, 0.25) is 0 Å². The first kappa shape index (κ1) is 19.9. The van der Waals surface area contributed by atoms with Crippen LogP contribution in [0.4, 0.5) is 0 Å². The van der Waals surface area contributed by atoms with Gasteiger partial charge in [-0.2, -0.15) is 0 Å². The van der Waals surface area contributed by atoms with Crippen molar-refractivity contribution >= 4 is 11.8 Å². The van der Waals surface area contributed by atoms with E-state index in [9.17, 15) is 9.59 Å². The molecule has 1 saturated heterocycles. The number of carbonyl (C=O) groups is 2. The van der Waals surface area contributed by atoms with Crippen LogP contribution in [0.15, 0.2) is 36.5 Å². The van der Waals surface area contributed by atoms with E-state index >= 15 is 0 Å². The normalized spacial score (nSPS) is 16.8. The van der Waals surface area contributed by atoms with Crippen LogP contribution in [0.3, 0.4) is 0 Å². The van der Waals surface area contributed by atoms with Gasteiger partial charge in [0.2, 0.25) is 0 Å². The maximum atomic E-state index is 12.5. The molecule has 0 unspecified atom stereocenters. The number of para-hydroxylation sites is 1. The molecular weight excluding hydrogens is 358 g/mol. The standard InChI is InChI=1S/C20H27N5O3/c1-15(2)11-21-20(27)18-13-25(23-22-18)16-7-6-10-24(12-16)19(26)14-28-17-8-4-3-5-9-17/h3-5,8-9,13,15-16H,6-7,10-12,14H2,1-2H3,(H,21,27)/t16-/m1/s1. The van der Waals surface area contributed by atoms with Gasteiger partial charge < -0.3 is 15.0 Å².